The molecule has 2 rings (SSSR count). The van der Waals surface area contributed by atoms with Crippen LogP contribution < -0.4 is 5.32 Å². The van der Waals surface area contributed by atoms with Crippen molar-refractivity contribution in [2.24, 2.45) is 0 Å². The van der Waals surface area contributed by atoms with Crippen molar-refractivity contribution in [3.63, 3.8) is 0 Å². The second-order valence-corrected chi connectivity index (χ2v) is 4.70. The first-order valence-electron chi connectivity index (χ1n) is 6.34. The molecule has 4 heteroatoms. The third-order valence-electron chi connectivity index (χ3n) is 3.81. The van der Waals surface area contributed by atoms with Crippen LogP contribution in [0.4, 0.5) is 0 Å². The minimum Gasteiger partial charge on any atom is -0.379 e. The Kier molecular flexibility index (Phi) is 3.82. The summed E-state index contributed by atoms with van der Waals surface area (Å²) in [4.78, 5) is 14.2. The van der Waals surface area contributed by atoms with Crippen LogP contribution in [-0.2, 0) is 9.53 Å². The fraction of sp³-hybridized carbons (Fsp3) is 0.917. The van der Waals surface area contributed by atoms with Crippen LogP contribution in [0.1, 0.15) is 32.6 Å². The molecule has 92 valence electrons. The van der Waals surface area contributed by atoms with E-state index in [1.165, 1.54) is 6.42 Å². The topological polar surface area (TPSA) is 41.6 Å². The Labute approximate surface area is 97.3 Å². The van der Waals surface area contributed by atoms with Gasteiger partial charge in [-0.3, -0.25) is 4.79 Å². The summed E-state index contributed by atoms with van der Waals surface area (Å²) in [7, 11) is 1.76. The van der Waals surface area contributed by atoms with Crippen molar-refractivity contribution in [3.8, 4) is 0 Å². The zero-order valence-corrected chi connectivity index (χ0v) is 10.2. The number of likely N-dealkylation sites (tertiary alicyclic amines) is 1. The first-order valence-corrected chi connectivity index (χ1v) is 6.34. The van der Waals surface area contributed by atoms with Crippen LogP contribution in [-0.4, -0.2) is 49.2 Å². The summed E-state index contributed by atoms with van der Waals surface area (Å²) in [5.41, 5.74) is 0. The normalized spacial score (nSPS) is 35.0. The third-order valence-corrected chi connectivity index (χ3v) is 3.81. The lowest BCUT2D eigenvalue weighted by atomic mass is 10.2. The molecule has 1 heterocycles. The number of amides is 1. The molecule has 3 unspecified atom stereocenters. The fourth-order valence-corrected chi connectivity index (χ4v) is 3.00. The second-order valence-electron chi connectivity index (χ2n) is 4.70. The highest BCUT2D eigenvalue weighted by Gasteiger charge is 2.40. The molecule has 0 radical (unpaired) electrons. The number of likely N-dealkylation sites (N-methyl/N-ethyl adjacent to an activating group) is 1. The molecule has 1 saturated carbocycles. The van der Waals surface area contributed by atoms with Crippen molar-refractivity contribution >= 4 is 5.91 Å². The van der Waals surface area contributed by atoms with Gasteiger partial charge in [0.15, 0.2) is 0 Å². The number of hydrogen-bond donors (Lipinski definition) is 1. The van der Waals surface area contributed by atoms with Gasteiger partial charge in [-0.15, -0.1) is 0 Å². The second kappa shape index (κ2) is 5.15. The van der Waals surface area contributed by atoms with Crippen molar-refractivity contribution in [1.82, 2.24) is 10.2 Å². The molecule has 0 bridgehead atoms. The summed E-state index contributed by atoms with van der Waals surface area (Å²) in [5.74, 6) is 0.274. The molecule has 1 amide bonds. The van der Waals surface area contributed by atoms with E-state index in [1.54, 1.807) is 7.11 Å². The van der Waals surface area contributed by atoms with Gasteiger partial charge in [-0.2, -0.15) is 0 Å². The van der Waals surface area contributed by atoms with Crippen molar-refractivity contribution in [2.75, 3.05) is 20.2 Å². The molecule has 0 aromatic carbocycles. The lowest BCUT2D eigenvalue weighted by molar-refractivity contribution is -0.133. The maximum atomic E-state index is 12.2. The fourth-order valence-electron chi connectivity index (χ4n) is 3.00. The van der Waals surface area contributed by atoms with Crippen LogP contribution in [0.15, 0.2) is 0 Å². The van der Waals surface area contributed by atoms with Crippen LogP contribution in [0.3, 0.4) is 0 Å². The lowest BCUT2D eigenvalue weighted by Crippen LogP contribution is -2.46. The van der Waals surface area contributed by atoms with Gasteiger partial charge in [0, 0.05) is 13.7 Å². The summed E-state index contributed by atoms with van der Waals surface area (Å²) in [6, 6.07) is 0.365. The number of ether oxygens (including phenoxy) is 1. The standard InChI is InChI=1S/C12H22N2O2/c1-3-13-9-7-8-14(12(9)15)10-5-4-6-11(10)16-2/h9-11,13H,3-8H2,1-2H3. The van der Waals surface area contributed by atoms with Gasteiger partial charge in [0.1, 0.15) is 0 Å². The summed E-state index contributed by atoms with van der Waals surface area (Å²) in [5, 5.41) is 3.25. The molecule has 1 aliphatic carbocycles. The van der Waals surface area contributed by atoms with Gasteiger partial charge >= 0.3 is 0 Å². The molecule has 1 aliphatic heterocycles. The molecule has 1 saturated heterocycles. The van der Waals surface area contributed by atoms with Gasteiger partial charge < -0.3 is 15.0 Å². The van der Waals surface area contributed by atoms with Crippen LogP contribution in [0.5, 0.6) is 0 Å². The minimum atomic E-state index is 0.0445. The number of carbonyl (C=O) groups is 1. The van der Waals surface area contributed by atoms with Crippen LogP contribution in [0, 0.1) is 0 Å². The number of nitrogens with one attached hydrogen (secondary N) is 1. The Morgan fingerprint density at radius 3 is 2.94 bits per heavy atom. The van der Waals surface area contributed by atoms with E-state index >= 15 is 0 Å². The van der Waals surface area contributed by atoms with E-state index in [0.29, 0.717) is 6.04 Å². The first-order chi connectivity index (χ1) is 7.77. The van der Waals surface area contributed by atoms with E-state index in [0.717, 1.165) is 32.4 Å². The number of carbonyl (C=O) groups excluding carboxylic acids is 1. The van der Waals surface area contributed by atoms with E-state index in [4.69, 9.17) is 4.74 Å². The minimum absolute atomic E-state index is 0.0445. The van der Waals surface area contributed by atoms with Crippen molar-refractivity contribution in [1.29, 1.82) is 0 Å². The predicted octanol–water partition coefficient (Wildman–Crippen LogP) is 0.764. The molecule has 0 aromatic heterocycles. The van der Waals surface area contributed by atoms with Gasteiger partial charge in [0.25, 0.3) is 0 Å². The zero-order chi connectivity index (χ0) is 11.5. The van der Waals surface area contributed by atoms with Crippen LogP contribution in [0.2, 0.25) is 0 Å². The van der Waals surface area contributed by atoms with Gasteiger partial charge in [0.05, 0.1) is 18.2 Å². The summed E-state index contributed by atoms with van der Waals surface area (Å²) in [6.45, 7) is 3.80. The summed E-state index contributed by atoms with van der Waals surface area (Å²) < 4.78 is 5.47. The van der Waals surface area contributed by atoms with E-state index in [-0.39, 0.29) is 18.1 Å². The molecule has 2 aliphatic rings. The molecule has 2 fully saturated rings. The van der Waals surface area contributed by atoms with E-state index in [2.05, 4.69) is 5.32 Å². The number of rotatable bonds is 4. The number of methoxy groups -OCH3 is 1. The smallest absolute Gasteiger partial charge is 0.240 e. The Morgan fingerprint density at radius 2 is 2.25 bits per heavy atom. The highest BCUT2D eigenvalue weighted by Crippen LogP contribution is 2.29. The van der Waals surface area contributed by atoms with Gasteiger partial charge in [-0.05, 0) is 32.2 Å². The molecular formula is C12H22N2O2. The molecule has 0 spiro atoms. The largest absolute Gasteiger partial charge is 0.379 e. The van der Waals surface area contributed by atoms with Gasteiger partial charge in [-0.25, -0.2) is 0 Å². The molecular weight excluding hydrogens is 204 g/mol. The SMILES string of the molecule is CCNC1CCN(C2CCCC2OC)C1=O. The molecule has 4 nitrogen and oxygen atoms in total. The van der Waals surface area contributed by atoms with Crippen molar-refractivity contribution in [3.05, 3.63) is 0 Å². The summed E-state index contributed by atoms with van der Waals surface area (Å²) >= 11 is 0. The maximum Gasteiger partial charge on any atom is 0.240 e. The molecule has 0 aromatic rings. The number of hydrogen-bond acceptors (Lipinski definition) is 3. The highest BCUT2D eigenvalue weighted by molar-refractivity contribution is 5.84. The Balaban J connectivity index is 1.98. The molecule has 1 N–H and O–H groups in total. The lowest BCUT2D eigenvalue weighted by Gasteiger charge is -2.29. The Bertz CT molecular complexity index is 257. The average molecular weight is 226 g/mol. The van der Waals surface area contributed by atoms with E-state index in [9.17, 15) is 4.79 Å². The maximum absolute atomic E-state index is 12.2. The van der Waals surface area contributed by atoms with E-state index < -0.39 is 0 Å². The molecule has 16 heavy (non-hydrogen) atoms. The Morgan fingerprint density at radius 1 is 1.44 bits per heavy atom. The Hall–Kier alpha value is -0.610. The van der Waals surface area contributed by atoms with Gasteiger partial charge in [0.2, 0.25) is 5.91 Å². The zero-order valence-electron chi connectivity index (χ0n) is 10.2. The highest BCUT2D eigenvalue weighted by atomic mass is 16.5. The monoisotopic (exact) mass is 226 g/mol. The van der Waals surface area contributed by atoms with Crippen LogP contribution >= 0.6 is 0 Å². The first kappa shape index (κ1) is 11.9. The average Bonchev–Trinajstić information content (AvgIpc) is 2.87. The van der Waals surface area contributed by atoms with Gasteiger partial charge in [-0.1, -0.05) is 6.92 Å². The number of nitrogens with zero attached hydrogens (tertiary/aromatic N) is 1. The molecule has 3 atom stereocenters. The van der Waals surface area contributed by atoms with Crippen molar-refractivity contribution in [2.45, 2.75) is 50.8 Å². The van der Waals surface area contributed by atoms with Crippen LogP contribution in [0.25, 0.3) is 0 Å². The third kappa shape index (κ3) is 2.09. The summed E-state index contributed by atoms with van der Waals surface area (Å²) in [6.07, 6.45) is 4.57. The van der Waals surface area contributed by atoms with Crippen molar-refractivity contribution < 1.29 is 9.53 Å². The quantitative estimate of drug-likeness (QED) is 0.769. The predicted molar refractivity (Wildman–Crippen MR) is 62.2 cm³/mol. The van der Waals surface area contributed by atoms with E-state index in [1.807, 2.05) is 11.8 Å².